The molecule has 7 nitrogen and oxygen atoms in total. The van der Waals surface area contributed by atoms with Gasteiger partial charge in [0.05, 0.1) is 0 Å². The fourth-order valence-electron chi connectivity index (χ4n) is 4.19. The Balaban J connectivity index is 1.55. The van der Waals surface area contributed by atoms with Crippen molar-refractivity contribution in [2.75, 3.05) is 6.61 Å². The Morgan fingerprint density at radius 1 is 0.939 bits per heavy atom. The Hall–Kier alpha value is -3.35. The molecule has 0 spiro atoms. The predicted octanol–water partition coefficient (Wildman–Crippen LogP) is 4.31. The molecule has 2 aromatic carbocycles. The Morgan fingerprint density at radius 2 is 1.52 bits per heavy atom. The maximum Gasteiger partial charge on any atom is 0.407 e. The van der Waals surface area contributed by atoms with Gasteiger partial charge in [0.15, 0.2) is 0 Å². The van der Waals surface area contributed by atoms with Crippen LogP contribution in [0.4, 0.5) is 4.79 Å². The highest BCUT2D eigenvalue weighted by molar-refractivity contribution is 5.80. The Kier molecular flexibility index (Phi) is 8.09. The lowest BCUT2D eigenvalue weighted by molar-refractivity contribution is -0.137. The number of benzene rings is 2. The summed E-state index contributed by atoms with van der Waals surface area (Å²) < 4.78 is 5.60. The summed E-state index contributed by atoms with van der Waals surface area (Å²) in [4.78, 5) is 35.7. The zero-order valence-electron chi connectivity index (χ0n) is 19.3. The van der Waals surface area contributed by atoms with Gasteiger partial charge < -0.3 is 20.5 Å². The van der Waals surface area contributed by atoms with Crippen LogP contribution < -0.4 is 10.6 Å². The number of ether oxygens (including phenoxy) is 1. The summed E-state index contributed by atoms with van der Waals surface area (Å²) in [5.74, 6) is -1.14. The second kappa shape index (κ2) is 11.0. The molecule has 0 saturated heterocycles. The fraction of sp³-hybridized carbons (Fsp3) is 0.423. The monoisotopic (exact) mass is 452 g/mol. The number of carboxylic acid groups (broad SMARTS) is 1. The van der Waals surface area contributed by atoms with E-state index in [0.717, 1.165) is 22.3 Å². The molecular weight excluding hydrogens is 420 g/mol. The minimum atomic E-state index is -0.895. The van der Waals surface area contributed by atoms with Crippen molar-refractivity contribution in [3.05, 3.63) is 59.7 Å². The van der Waals surface area contributed by atoms with Crippen molar-refractivity contribution in [2.24, 2.45) is 5.92 Å². The highest BCUT2D eigenvalue weighted by Crippen LogP contribution is 2.44. The Labute approximate surface area is 194 Å². The molecule has 3 N–H and O–H groups in total. The number of alkyl carbamates (subject to hydrolysis) is 1. The average Bonchev–Trinajstić information content (AvgIpc) is 3.09. The van der Waals surface area contributed by atoms with Crippen molar-refractivity contribution in [1.82, 2.24) is 10.6 Å². The van der Waals surface area contributed by atoms with Crippen molar-refractivity contribution in [2.45, 2.75) is 58.0 Å². The van der Waals surface area contributed by atoms with E-state index in [-0.39, 0.29) is 43.2 Å². The lowest BCUT2D eigenvalue weighted by atomic mass is 9.98. The largest absolute Gasteiger partial charge is 0.481 e. The number of carbonyl (C=O) groups is 3. The smallest absolute Gasteiger partial charge is 0.407 e. The second-order valence-corrected chi connectivity index (χ2v) is 8.93. The quantitative estimate of drug-likeness (QED) is 0.498. The first kappa shape index (κ1) is 24.3. The van der Waals surface area contributed by atoms with Crippen LogP contribution in [0.1, 0.15) is 57.1 Å². The van der Waals surface area contributed by atoms with Crippen molar-refractivity contribution in [1.29, 1.82) is 0 Å². The van der Waals surface area contributed by atoms with E-state index in [4.69, 9.17) is 9.84 Å². The van der Waals surface area contributed by atoms with Crippen LogP contribution in [0.2, 0.25) is 0 Å². The molecule has 2 aromatic rings. The number of amides is 2. The fourth-order valence-corrected chi connectivity index (χ4v) is 4.19. The standard InChI is InChI=1S/C26H32N2O5/c1-16(2)23(14-24(29)27-17(3)12-13-25(30)31)28-26(32)33-15-22-20-10-6-4-8-18(20)19-9-5-7-11-21(19)22/h4-11,16-17,22-23H,12-15H2,1-3H3,(H,27,29)(H,28,32)(H,30,31)/t17?,23-/m0/s1. The second-order valence-electron chi connectivity index (χ2n) is 8.93. The number of carboxylic acids is 1. The van der Waals surface area contributed by atoms with Crippen LogP contribution in [0, 0.1) is 5.92 Å². The average molecular weight is 453 g/mol. The third-order valence-corrected chi connectivity index (χ3v) is 6.06. The minimum absolute atomic E-state index is 0.00689. The van der Waals surface area contributed by atoms with Gasteiger partial charge in [-0.3, -0.25) is 9.59 Å². The summed E-state index contributed by atoms with van der Waals surface area (Å²) in [6.45, 7) is 5.83. The van der Waals surface area contributed by atoms with E-state index >= 15 is 0 Å². The van der Waals surface area contributed by atoms with Gasteiger partial charge >= 0.3 is 12.1 Å². The van der Waals surface area contributed by atoms with E-state index in [1.165, 1.54) is 0 Å². The molecule has 33 heavy (non-hydrogen) atoms. The van der Waals surface area contributed by atoms with Crippen LogP contribution in [0.3, 0.4) is 0 Å². The number of rotatable bonds is 10. The molecule has 1 aliphatic carbocycles. The van der Waals surface area contributed by atoms with E-state index in [2.05, 4.69) is 34.9 Å². The first-order valence-corrected chi connectivity index (χ1v) is 11.4. The molecule has 0 fully saturated rings. The van der Waals surface area contributed by atoms with Crippen LogP contribution in [-0.4, -0.2) is 41.8 Å². The Morgan fingerprint density at radius 3 is 2.06 bits per heavy atom. The molecule has 7 heteroatoms. The van der Waals surface area contributed by atoms with Gasteiger partial charge in [0.25, 0.3) is 0 Å². The molecule has 0 aliphatic heterocycles. The van der Waals surface area contributed by atoms with E-state index in [1.54, 1.807) is 6.92 Å². The number of hydrogen-bond donors (Lipinski definition) is 3. The molecule has 0 aromatic heterocycles. The molecule has 2 amide bonds. The van der Waals surface area contributed by atoms with E-state index in [9.17, 15) is 14.4 Å². The molecule has 0 bridgehead atoms. The van der Waals surface area contributed by atoms with Gasteiger partial charge in [-0.1, -0.05) is 62.4 Å². The van der Waals surface area contributed by atoms with Crippen molar-refractivity contribution < 1.29 is 24.2 Å². The number of fused-ring (bicyclic) bond motifs is 3. The first-order chi connectivity index (χ1) is 15.8. The molecule has 0 heterocycles. The topological polar surface area (TPSA) is 105 Å². The van der Waals surface area contributed by atoms with Gasteiger partial charge in [-0.15, -0.1) is 0 Å². The number of nitrogens with one attached hydrogen (secondary N) is 2. The van der Waals surface area contributed by atoms with E-state index in [1.807, 2.05) is 38.1 Å². The highest BCUT2D eigenvalue weighted by atomic mass is 16.5. The zero-order valence-corrected chi connectivity index (χ0v) is 19.3. The molecule has 1 unspecified atom stereocenters. The Bertz CT molecular complexity index is 958. The summed E-state index contributed by atoms with van der Waals surface area (Å²) in [5, 5.41) is 14.4. The van der Waals surface area contributed by atoms with Gasteiger partial charge in [0, 0.05) is 30.8 Å². The molecule has 0 saturated carbocycles. The molecule has 3 rings (SSSR count). The minimum Gasteiger partial charge on any atom is -0.481 e. The molecule has 1 aliphatic rings. The zero-order chi connectivity index (χ0) is 24.0. The molecular formula is C26H32N2O5. The normalized spacial score (nSPS) is 14.2. The van der Waals surface area contributed by atoms with Crippen LogP contribution in [0.25, 0.3) is 11.1 Å². The van der Waals surface area contributed by atoms with Crippen LogP contribution in [-0.2, 0) is 14.3 Å². The van der Waals surface area contributed by atoms with Gasteiger partial charge in [0.1, 0.15) is 6.61 Å². The summed E-state index contributed by atoms with van der Waals surface area (Å²) in [6.07, 6.45) is -0.109. The van der Waals surface area contributed by atoms with E-state index < -0.39 is 18.1 Å². The van der Waals surface area contributed by atoms with Crippen molar-refractivity contribution in [3.63, 3.8) is 0 Å². The van der Waals surface area contributed by atoms with Crippen LogP contribution in [0.5, 0.6) is 0 Å². The highest BCUT2D eigenvalue weighted by Gasteiger charge is 2.29. The molecule has 2 atom stereocenters. The van der Waals surface area contributed by atoms with Gasteiger partial charge in [0.2, 0.25) is 5.91 Å². The third-order valence-electron chi connectivity index (χ3n) is 6.06. The van der Waals surface area contributed by atoms with Crippen LogP contribution >= 0.6 is 0 Å². The summed E-state index contributed by atoms with van der Waals surface area (Å²) in [6, 6.07) is 15.6. The number of carbonyl (C=O) groups excluding carboxylic acids is 2. The van der Waals surface area contributed by atoms with E-state index in [0.29, 0.717) is 6.42 Å². The number of hydrogen-bond acceptors (Lipinski definition) is 4. The maximum atomic E-state index is 12.6. The molecule has 0 radical (unpaired) electrons. The molecule has 176 valence electrons. The number of aliphatic carboxylic acids is 1. The summed E-state index contributed by atoms with van der Waals surface area (Å²) >= 11 is 0. The predicted molar refractivity (Wildman–Crippen MR) is 126 cm³/mol. The lowest BCUT2D eigenvalue weighted by Crippen LogP contribution is -2.44. The van der Waals surface area contributed by atoms with Gasteiger partial charge in [-0.05, 0) is 41.5 Å². The van der Waals surface area contributed by atoms with Crippen molar-refractivity contribution in [3.8, 4) is 11.1 Å². The van der Waals surface area contributed by atoms with Gasteiger partial charge in [-0.25, -0.2) is 4.79 Å². The SMILES string of the molecule is CC(CCC(=O)O)NC(=O)C[C@H](NC(=O)OCC1c2ccccc2-c2ccccc21)C(C)C. The van der Waals surface area contributed by atoms with Crippen molar-refractivity contribution >= 4 is 18.0 Å². The summed E-state index contributed by atoms with van der Waals surface area (Å²) in [5.41, 5.74) is 4.61. The first-order valence-electron chi connectivity index (χ1n) is 11.4. The van der Waals surface area contributed by atoms with Gasteiger partial charge in [-0.2, -0.15) is 0 Å². The summed E-state index contributed by atoms with van der Waals surface area (Å²) in [7, 11) is 0. The lowest BCUT2D eigenvalue weighted by Gasteiger charge is -2.23. The van der Waals surface area contributed by atoms with Crippen LogP contribution in [0.15, 0.2) is 48.5 Å². The third kappa shape index (κ3) is 6.34. The maximum absolute atomic E-state index is 12.6.